The van der Waals surface area contributed by atoms with Gasteiger partial charge in [0.1, 0.15) is 36.6 Å². The average Bonchev–Trinajstić information content (AvgIpc) is 3.01. The standard InChI is InChI=1S/C30H31F3N4O7/c1-41-30(40)37(28(38)26(34)25(17-8-10-19(31)11-9-17)18-4-2-5-20(32)12-18)24-7-3-6-23(33)27(24)43-16-22-13-36-21(14-42-22)15-44-29(35)39/h2-12,21-22,25-26,36H,13-16,34H2,1H3,(H2,35,39)/t21-,22-,25-,26-/m0/s1. The van der Waals surface area contributed by atoms with Gasteiger partial charge >= 0.3 is 12.2 Å². The van der Waals surface area contributed by atoms with Gasteiger partial charge in [0.05, 0.1) is 25.8 Å². The smallest absolute Gasteiger partial charge is 0.421 e. The third-order valence-corrected chi connectivity index (χ3v) is 6.85. The summed E-state index contributed by atoms with van der Waals surface area (Å²) in [4.78, 5) is 38.4. The molecule has 14 heteroatoms. The summed E-state index contributed by atoms with van der Waals surface area (Å²) in [5, 5.41) is 3.09. The van der Waals surface area contributed by atoms with Crippen molar-refractivity contribution in [2.24, 2.45) is 11.5 Å². The zero-order chi connectivity index (χ0) is 31.8. The number of primary amides is 1. The highest BCUT2D eigenvalue weighted by Gasteiger charge is 2.37. The SMILES string of the molecule is COC(=O)N(C(=O)[C@@H](N)[C@@H](c1ccc(F)cc1)c1cccc(F)c1)c1cccc(F)c1OC[C@@H]1CN[C@H](COC(N)=O)CO1. The largest absolute Gasteiger partial charge is 0.486 e. The number of amides is 3. The van der Waals surface area contributed by atoms with Gasteiger partial charge < -0.3 is 35.7 Å². The van der Waals surface area contributed by atoms with Gasteiger partial charge in [0.25, 0.3) is 5.91 Å². The zero-order valence-corrected chi connectivity index (χ0v) is 23.6. The van der Waals surface area contributed by atoms with Crippen molar-refractivity contribution in [2.45, 2.75) is 24.1 Å². The molecule has 234 valence electrons. The van der Waals surface area contributed by atoms with Gasteiger partial charge in [0, 0.05) is 12.5 Å². The summed E-state index contributed by atoms with van der Waals surface area (Å²) in [5.41, 5.74) is 11.8. The molecule has 4 atom stereocenters. The Hall–Kier alpha value is -4.66. The maximum absolute atomic E-state index is 15.2. The minimum absolute atomic E-state index is 0.00856. The van der Waals surface area contributed by atoms with Gasteiger partial charge in [-0.05, 0) is 47.5 Å². The molecule has 1 aliphatic heterocycles. The van der Waals surface area contributed by atoms with E-state index in [0.717, 1.165) is 25.3 Å². The van der Waals surface area contributed by atoms with Crippen LogP contribution in [0.2, 0.25) is 0 Å². The van der Waals surface area contributed by atoms with Crippen molar-refractivity contribution in [3.8, 4) is 5.75 Å². The number of rotatable bonds is 10. The lowest BCUT2D eigenvalue weighted by Crippen LogP contribution is -2.51. The fourth-order valence-electron chi connectivity index (χ4n) is 4.72. The molecular formula is C30H31F3N4O7. The molecule has 0 saturated carbocycles. The fraction of sp³-hybridized carbons (Fsp3) is 0.300. The summed E-state index contributed by atoms with van der Waals surface area (Å²) in [5.74, 6) is -4.57. The number of morpholine rings is 1. The lowest BCUT2D eigenvalue weighted by molar-refractivity contribution is -0.119. The molecule has 1 aliphatic rings. The summed E-state index contributed by atoms with van der Waals surface area (Å²) in [6.07, 6.45) is -2.69. The van der Waals surface area contributed by atoms with Crippen LogP contribution in [-0.2, 0) is 19.0 Å². The van der Waals surface area contributed by atoms with Gasteiger partial charge in [0.2, 0.25) is 0 Å². The number of methoxy groups -OCH3 is 1. The molecule has 4 rings (SSSR count). The number of benzene rings is 3. The molecule has 1 fully saturated rings. The molecule has 0 bridgehead atoms. The van der Waals surface area contributed by atoms with Crippen molar-refractivity contribution in [3.63, 3.8) is 0 Å². The number of ether oxygens (including phenoxy) is 4. The van der Waals surface area contributed by atoms with Crippen LogP contribution >= 0.6 is 0 Å². The van der Waals surface area contributed by atoms with Crippen LogP contribution in [0.4, 0.5) is 28.4 Å². The van der Waals surface area contributed by atoms with E-state index < -0.39 is 59.4 Å². The summed E-state index contributed by atoms with van der Waals surface area (Å²) < 4.78 is 64.2. The number of hydrogen-bond acceptors (Lipinski definition) is 9. The zero-order valence-electron chi connectivity index (χ0n) is 23.6. The molecule has 5 N–H and O–H groups in total. The quantitative estimate of drug-likeness (QED) is 0.311. The van der Waals surface area contributed by atoms with Crippen LogP contribution in [0.1, 0.15) is 17.0 Å². The minimum Gasteiger partial charge on any atom is -0.486 e. The van der Waals surface area contributed by atoms with Crippen LogP contribution in [0.15, 0.2) is 66.7 Å². The Morgan fingerprint density at radius 3 is 2.36 bits per heavy atom. The second-order valence-corrected chi connectivity index (χ2v) is 9.84. The Labute approximate surface area is 250 Å². The van der Waals surface area contributed by atoms with Crippen LogP contribution in [0.3, 0.4) is 0 Å². The number of carbonyl (C=O) groups is 3. The van der Waals surface area contributed by atoms with E-state index in [-0.39, 0.29) is 43.7 Å². The van der Waals surface area contributed by atoms with Crippen LogP contribution in [-0.4, -0.2) is 69.8 Å². The van der Waals surface area contributed by atoms with Gasteiger partial charge in [-0.3, -0.25) is 4.79 Å². The molecule has 3 amide bonds. The van der Waals surface area contributed by atoms with Crippen molar-refractivity contribution < 1.29 is 46.5 Å². The van der Waals surface area contributed by atoms with Crippen LogP contribution in [0.25, 0.3) is 0 Å². The molecule has 0 spiro atoms. The highest BCUT2D eigenvalue weighted by atomic mass is 19.1. The molecule has 3 aromatic carbocycles. The highest BCUT2D eigenvalue weighted by Crippen LogP contribution is 2.35. The van der Waals surface area contributed by atoms with E-state index in [0.29, 0.717) is 10.5 Å². The number of halogens is 3. The van der Waals surface area contributed by atoms with E-state index in [1.807, 2.05) is 0 Å². The lowest BCUT2D eigenvalue weighted by atomic mass is 9.84. The normalized spacial score (nSPS) is 17.7. The predicted octanol–water partition coefficient (Wildman–Crippen LogP) is 3.19. The Morgan fingerprint density at radius 2 is 1.73 bits per heavy atom. The Kier molecular flexibility index (Phi) is 10.8. The summed E-state index contributed by atoms with van der Waals surface area (Å²) in [6, 6.07) is 12.2. The number of carbonyl (C=O) groups excluding carboxylic acids is 3. The van der Waals surface area contributed by atoms with Crippen LogP contribution < -0.4 is 26.4 Å². The molecule has 0 aliphatic carbocycles. The van der Waals surface area contributed by atoms with Gasteiger partial charge in [-0.2, -0.15) is 0 Å². The Balaban J connectivity index is 1.61. The Morgan fingerprint density at radius 1 is 1.00 bits per heavy atom. The molecule has 44 heavy (non-hydrogen) atoms. The molecule has 0 unspecified atom stereocenters. The van der Waals surface area contributed by atoms with E-state index in [1.54, 1.807) is 0 Å². The summed E-state index contributed by atoms with van der Waals surface area (Å²) in [6.45, 7) is 0.179. The van der Waals surface area contributed by atoms with Gasteiger partial charge in [0.15, 0.2) is 11.6 Å². The van der Waals surface area contributed by atoms with Crippen LogP contribution in [0, 0.1) is 17.5 Å². The predicted molar refractivity (Wildman–Crippen MR) is 151 cm³/mol. The maximum atomic E-state index is 15.2. The van der Waals surface area contributed by atoms with Crippen molar-refractivity contribution in [1.82, 2.24) is 5.32 Å². The first-order valence-electron chi connectivity index (χ1n) is 13.5. The minimum atomic E-state index is -1.55. The third kappa shape index (κ3) is 7.83. The molecule has 3 aromatic rings. The summed E-state index contributed by atoms with van der Waals surface area (Å²) >= 11 is 0. The first-order valence-corrected chi connectivity index (χ1v) is 13.5. The molecule has 1 saturated heterocycles. The number of para-hydroxylation sites is 1. The fourth-order valence-corrected chi connectivity index (χ4v) is 4.72. The van der Waals surface area contributed by atoms with Gasteiger partial charge in [-0.1, -0.05) is 30.3 Å². The topological polar surface area (TPSA) is 155 Å². The van der Waals surface area contributed by atoms with Gasteiger partial charge in [-0.25, -0.2) is 27.7 Å². The monoisotopic (exact) mass is 616 g/mol. The van der Waals surface area contributed by atoms with Crippen molar-refractivity contribution in [1.29, 1.82) is 0 Å². The van der Waals surface area contributed by atoms with E-state index in [4.69, 9.17) is 30.4 Å². The molecule has 1 heterocycles. The van der Waals surface area contributed by atoms with Crippen LogP contribution in [0.5, 0.6) is 5.75 Å². The number of nitrogens with two attached hydrogens (primary N) is 2. The summed E-state index contributed by atoms with van der Waals surface area (Å²) in [7, 11) is 1.03. The molecule has 0 aromatic heterocycles. The number of nitrogens with zero attached hydrogens (tertiary/aromatic N) is 1. The van der Waals surface area contributed by atoms with Crippen molar-refractivity contribution in [2.75, 3.05) is 38.4 Å². The Bertz CT molecular complexity index is 1470. The number of nitrogens with one attached hydrogen (secondary N) is 1. The van der Waals surface area contributed by atoms with E-state index in [1.165, 1.54) is 48.5 Å². The number of hydrogen-bond donors (Lipinski definition) is 3. The maximum Gasteiger partial charge on any atom is 0.421 e. The van der Waals surface area contributed by atoms with E-state index in [2.05, 4.69) is 5.32 Å². The number of anilines is 1. The van der Waals surface area contributed by atoms with E-state index in [9.17, 15) is 23.2 Å². The highest BCUT2D eigenvalue weighted by molar-refractivity contribution is 6.15. The number of imide groups is 1. The second-order valence-electron chi connectivity index (χ2n) is 9.84. The average molecular weight is 617 g/mol. The van der Waals surface area contributed by atoms with Crippen molar-refractivity contribution in [3.05, 3.63) is 95.3 Å². The second kappa shape index (κ2) is 14.7. The molecule has 11 nitrogen and oxygen atoms in total. The lowest BCUT2D eigenvalue weighted by Gasteiger charge is -2.31. The molecular weight excluding hydrogens is 585 g/mol. The third-order valence-electron chi connectivity index (χ3n) is 6.85. The van der Waals surface area contributed by atoms with E-state index >= 15 is 4.39 Å². The first-order chi connectivity index (χ1) is 21.1. The first kappa shape index (κ1) is 32.3. The van der Waals surface area contributed by atoms with Gasteiger partial charge in [-0.15, -0.1) is 0 Å². The van der Waals surface area contributed by atoms with Crippen molar-refractivity contribution >= 4 is 23.8 Å². The molecule has 0 radical (unpaired) electrons.